The number of hydrogen-bond donors (Lipinski definition) is 0. The number of rotatable bonds is 1. The summed E-state index contributed by atoms with van der Waals surface area (Å²) in [4.78, 5) is 0. The molecule has 1 aromatic carbocycles. The van der Waals surface area contributed by atoms with E-state index in [2.05, 4.69) is 0 Å². The molecule has 1 nitrogen and oxygen atoms in total. The highest BCUT2D eigenvalue weighted by Crippen LogP contribution is 2.30. The Bertz CT molecular complexity index is 298. The van der Waals surface area contributed by atoms with Gasteiger partial charge in [0, 0.05) is 5.92 Å². The van der Waals surface area contributed by atoms with Crippen molar-refractivity contribution in [1.29, 1.82) is 0 Å². The molecule has 70 valence electrons. The van der Waals surface area contributed by atoms with Crippen LogP contribution in [-0.2, 0) is 4.74 Å². The molecule has 1 heterocycles. The predicted octanol–water partition coefficient (Wildman–Crippen LogP) is 2.72. The highest BCUT2D eigenvalue weighted by molar-refractivity contribution is 5.22. The maximum atomic E-state index is 13.3. The molecule has 1 aliphatic heterocycles. The highest BCUT2D eigenvalue weighted by atomic mass is 19.1. The van der Waals surface area contributed by atoms with Gasteiger partial charge in [0.25, 0.3) is 0 Å². The summed E-state index contributed by atoms with van der Waals surface area (Å²) in [6.45, 7) is 2.68. The molecule has 2 rings (SSSR count). The van der Waals surface area contributed by atoms with Gasteiger partial charge in [0.05, 0.1) is 12.7 Å². The normalized spacial score (nSPS) is 27.8. The van der Waals surface area contributed by atoms with Crippen LogP contribution in [-0.4, -0.2) is 12.7 Å². The molecule has 1 saturated heterocycles. The quantitative estimate of drug-likeness (QED) is 0.645. The van der Waals surface area contributed by atoms with Gasteiger partial charge in [-0.15, -0.1) is 0 Å². The largest absolute Gasteiger partial charge is 0.378 e. The molecular weight excluding hydrogens is 167 g/mol. The molecule has 0 aromatic heterocycles. The van der Waals surface area contributed by atoms with Crippen LogP contribution in [0.2, 0.25) is 0 Å². The van der Waals surface area contributed by atoms with E-state index >= 15 is 0 Å². The summed E-state index contributed by atoms with van der Waals surface area (Å²) in [5.74, 6) is 0.140. The van der Waals surface area contributed by atoms with Crippen molar-refractivity contribution in [1.82, 2.24) is 0 Å². The average Bonchev–Trinajstić information content (AvgIpc) is 2.53. The lowest BCUT2D eigenvalue weighted by atomic mass is 9.96. The maximum Gasteiger partial charge on any atom is 0.126 e. The van der Waals surface area contributed by atoms with Crippen LogP contribution in [0.1, 0.15) is 24.8 Å². The molecule has 0 bridgehead atoms. The molecule has 1 aromatic rings. The van der Waals surface area contributed by atoms with Gasteiger partial charge in [-0.2, -0.15) is 0 Å². The molecule has 1 fully saturated rings. The van der Waals surface area contributed by atoms with Gasteiger partial charge in [-0.05, 0) is 25.0 Å². The predicted molar refractivity (Wildman–Crippen MR) is 49.2 cm³/mol. The zero-order valence-electron chi connectivity index (χ0n) is 7.66. The summed E-state index contributed by atoms with van der Waals surface area (Å²) in [6.07, 6.45) is 1.20. The molecule has 0 amide bonds. The maximum absolute atomic E-state index is 13.3. The molecule has 13 heavy (non-hydrogen) atoms. The molecule has 2 heteroatoms. The van der Waals surface area contributed by atoms with Crippen molar-refractivity contribution < 1.29 is 9.13 Å². The third-order valence-corrected chi connectivity index (χ3v) is 2.54. The molecule has 0 radical (unpaired) electrons. The van der Waals surface area contributed by atoms with Crippen molar-refractivity contribution in [2.45, 2.75) is 25.4 Å². The fraction of sp³-hybridized carbons (Fsp3) is 0.455. The smallest absolute Gasteiger partial charge is 0.126 e. The first-order valence-electron chi connectivity index (χ1n) is 4.63. The van der Waals surface area contributed by atoms with E-state index in [1.807, 2.05) is 19.1 Å². The Balaban J connectivity index is 2.21. The second-order valence-electron chi connectivity index (χ2n) is 3.60. The fourth-order valence-corrected chi connectivity index (χ4v) is 1.84. The zero-order chi connectivity index (χ0) is 9.26. The molecule has 0 spiro atoms. The van der Waals surface area contributed by atoms with Gasteiger partial charge < -0.3 is 4.74 Å². The lowest BCUT2D eigenvalue weighted by Gasteiger charge is -2.08. The summed E-state index contributed by atoms with van der Waals surface area (Å²) < 4.78 is 18.7. The van der Waals surface area contributed by atoms with Crippen molar-refractivity contribution >= 4 is 0 Å². The minimum Gasteiger partial charge on any atom is -0.378 e. The summed E-state index contributed by atoms with van der Waals surface area (Å²) in [5.41, 5.74) is 0.798. The van der Waals surface area contributed by atoms with Crippen molar-refractivity contribution in [3.63, 3.8) is 0 Å². The van der Waals surface area contributed by atoms with Crippen molar-refractivity contribution in [3.05, 3.63) is 35.6 Å². The average molecular weight is 180 g/mol. The standard InChI is InChI=1S/C11H13FO/c1-8-6-9(7-13-8)10-4-2-3-5-11(10)12/h2-5,8-9H,6-7H2,1H3/t8-,9+/m0/s1. The molecular formula is C11H13FO. The Kier molecular flexibility index (Phi) is 2.32. The van der Waals surface area contributed by atoms with E-state index in [1.165, 1.54) is 6.07 Å². The van der Waals surface area contributed by atoms with Gasteiger partial charge in [0.1, 0.15) is 5.82 Å². The number of benzene rings is 1. The van der Waals surface area contributed by atoms with Gasteiger partial charge in [-0.3, -0.25) is 0 Å². The summed E-state index contributed by atoms with van der Waals surface area (Å²) >= 11 is 0. The third kappa shape index (κ3) is 1.73. The van der Waals surface area contributed by atoms with Gasteiger partial charge in [-0.1, -0.05) is 18.2 Å². The first kappa shape index (κ1) is 8.70. The van der Waals surface area contributed by atoms with E-state index in [9.17, 15) is 4.39 Å². The van der Waals surface area contributed by atoms with Crippen LogP contribution in [0.4, 0.5) is 4.39 Å². The van der Waals surface area contributed by atoms with Crippen LogP contribution in [0.5, 0.6) is 0 Å². The Labute approximate surface area is 77.5 Å². The lowest BCUT2D eigenvalue weighted by molar-refractivity contribution is 0.123. The van der Waals surface area contributed by atoms with Gasteiger partial charge >= 0.3 is 0 Å². The Morgan fingerprint density at radius 2 is 2.15 bits per heavy atom. The van der Waals surface area contributed by atoms with E-state index in [-0.39, 0.29) is 17.8 Å². The number of ether oxygens (including phenoxy) is 1. The van der Waals surface area contributed by atoms with E-state index in [4.69, 9.17) is 4.74 Å². The molecule has 0 aliphatic carbocycles. The fourth-order valence-electron chi connectivity index (χ4n) is 1.84. The first-order valence-corrected chi connectivity index (χ1v) is 4.63. The SMILES string of the molecule is C[C@H]1C[C@@H](c2ccccc2F)CO1. The van der Waals surface area contributed by atoms with Crippen molar-refractivity contribution in [2.24, 2.45) is 0 Å². The van der Waals surface area contributed by atoms with E-state index in [0.29, 0.717) is 6.61 Å². The van der Waals surface area contributed by atoms with Crippen molar-refractivity contribution in [2.75, 3.05) is 6.61 Å². The highest BCUT2D eigenvalue weighted by Gasteiger charge is 2.25. The summed E-state index contributed by atoms with van der Waals surface area (Å²) in [6, 6.07) is 6.96. The monoisotopic (exact) mass is 180 g/mol. The Morgan fingerprint density at radius 1 is 1.38 bits per heavy atom. The van der Waals surface area contributed by atoms with Crippen LogP contribution in [0.25, 0.3) is 0 Å². The van der Waals surface area contributed by atoms with Crippen molar-refractivity contribution in [3.8, 4) is 0 Å². The molecule has 2 atom stereocenters. The molecule has 1 aliphatic rings. The lowest BCUT2D eigenvalue weighted by Crippen LogP contribution is -2.00. The molecule has 0 N–H and O–H groups in total. The van der Waals surface area contributed by atoms with Gasteiger partial charge in [0.15, 0.2) is 0 Å². The second-order valence-corrected chi connectivity index (χ2v) is 3.60. The van der Waals surface area contributed by atoms with Crippen LogP contribution < -0.4 is 0 Å². The second kappa shape index (κ2) is 3.46. The molecule has 0 saturated carbocycles. The number of halogens is 1. The topological polar surface area (TPSA) is 9.23 Å². The molecule has 0 unspecified atom stereocenters. The third-order valence-electron chi connectivity index (χ3n) is 2.54. The minimum atomic E-state index is -0.106. The minimum absolute atomic E-state index is 0.106. The van der Waals surface area contributed by atoms with E-state index < -0.39 is 0 Å². The van der Waals surface area contributed by atoms with Crippen LogP contribution >= 0.6 is 0 Å². The first-order chi connectivity index (χ1) is 6.27. The van der Waals surface area contributed by atoms with E-state index in [1.54, 1.807) is 6.07 Å². The van der Waals surface area contributed by atoms with Crippen LogP contribution in [0, 0.1) is 5.82 Å². The van der Waals surface area contributed by atoms with Gasteiger partial charge in [0.2, 0.25) is 0 Å². The summed E-state index contributed by atoms with van der Waals surface area (Å²) in [7, 11) is 0. The van der Waals surface area contributed by atoms with E-state index in [0.717, 1.165) is 12.0 Å². The van der Waals surface area contributed by atoms with Gasteiger partial charge in [-0.25, -0.2) is 4.39 Å². The Hall–Kier alpha value is -0.890. The van der Waals surface area contributed by atoms with Crippen LogP contribution in [0.15, 0.2) is 24.3 Å². The zero-order valence-corrected chi connectivity index (χ0v) is 7.66. The summed E-state index contributed by atoms with van der Waals surface area (Å²) in [5, 5.41) is 0. The van der Waals surface area contributed by atoms with Crippen LogP contribution in [0.3, 0.4) is 0 Å². The number of hydrogen-bond acceptors (Lipinski definition) is 1. The Morgan fingerprint density at radius 3 is 2.77 bits per heavy atom.